The molecule has 8 nitrogen and oxygen atoms in total. The number of aromatic nitrogens is 3. The maximum Gasteiger partial charge on any atom is 0.269 e. The fourth-order valence-corrected chi connectivity index (χ4v) is 3.00. The van der Waals surface area contributed by atoms with Gasteiger partial charge in [-0.05, 0) is 30.5 Å². The summed E-state index contributed by atoms with van der Waals surface area (Å²) < 4.78 is 0. The van der Waals surface area contributed by atoms with Crippen LogP contribution in [0.1, 0.15) is 41.1 Å². The monoisotopic (exact) mass is 382 g/mol. The fraction of sp³-hybridized carbons (Fsp3) is 0.450. The summed E-state index contributed by atoms with van der Waals surface area (Å²) in [4.78, 5) is 41.6. The van der Waals surface area contributed by atoms with Crippen molar-refractivity contribution in [3.05, 3.63) is 48.0 Å². The molecule has 2 aromatic heterocycles. The molecule has 0 radical (unpaired) electrons. The second-order valence-corrected chi connectivity index (χ2v) is 7.20. The molecule has 1 N–H and O–H groups in total. The number of amides is 2. The van der Waals surface area contributed by atoms with E-state index in [1.54, 1.807) is 35.5 Å². The minimum Gasteiger partial charge on any atom is -0.351 e. The molecule has 0 unspecified atom stereocenters. The molecule has 8 heteroatoms. The smallest absolute Gasteiger partial charge is 0.269 e. The summed E-state index contributed by atoms with van der Waals surface area (Å²) in [5.74, 6) is 0.855. The van der Waals surface area contributed by atoms with E-state index in [1.165, 1.54) is 6.20 Å². The van der Waals surface area contributed by atoms with E-state index in [4.69, 9.17) is 0 Å². The molecule has 0 aromatic carbocycles. The first-order valence-electron chi connectivity index (χ1n) is 9.60. The average Bonchev–Trinajstić information content (AvgIpc) is 2.74. The second kappa shape index (κ2) is 9.25. The van der Waals surface area contributed by atoms with Gasteiger partial charge in [0.25, 0.3) is 11.8 Å². The lowest BCUT2D eigenvalue weighted by atomic mass is 10.1. The van der Waals surface area contributed by atoms with Gasteiger partial charge in [0, 0.05) is 56.9 Å². The van der Waals surface area contributed by atoms with Gasteiger partial charge >= 0.3 is 0 Å². The van der Waals surface area contributed by atoms with E-state index in [0.29, 0.717) is 50.2 Å². The molecule has 0 atom stereocenters. The number of hydrogen-bond donors (Lipinski definition) is 1. The lowest BCUT2D eigenvalue weighted by Gasteiger charge is -2.34. The Labute approximate surface area is 165 Å². The standard InChI is InChI=1S/C20H26N6O2/c1-15(2)4-8-22-18(27)17-14-16(5-9-21-17)19(28)25-10-12-26(13-11-25)20-23-6-3-7-24-20/h3,5-7,9,14-15H,4,8,10-13H2,1-2H3,(H,22,27). The van der Waals surface area contributed by atoms with E-state index in [9.17, 15) is 9.59 Å². The average molecular weight is 382 g/mol. The van der Waals surface area contributed by atoms with Crippen LogP contribution < -0.4 is 10.2 Å². The van der Waals surface area contributed by atoms with E-state index in [0.717, 1.165) is 6.42 Å². The van der Waals surface area contributed by atoms with Gasteiger partial charge in [0.15, 0.2) is 0 Å². The second-order valence-electron chi connectivity index (χ2n) is 7.20. The molecule has 1 aliphatic heterocycles. The van der Waals surface area contributed by atoms with Crippen LogP contribution in [0.25, 0.3) is 0 Å². The number of anilines is 1. The van der Waals surface area contributed by atoms with Crippen LogP contribution in [0, 0.1) is 5.92 Å². The van der Waals surface area contributed by atoms with Crippen LogP contribution in [0.2, 0.25) is 0 Å². The Morgan fingerprint density at radius 2 is 1.79 bits per heavy atom. The van der Waals surface area contributed by atoms with Crippen LogP contribution in [0.4, 0.5) is 5.95 Å². The maximum absolute atomic E-state index is 12.8. The van der Waals surface area contributed by atoms with E-state index >= 15 is 0 Å². The Morgan fingerprint density at radius 1 is 1.07 bits per heavy atom. The van der Waals surface area contributed by atoms with Crippen LogP contribution in [-0.4, -0.2) is 64.4 Å². The van der Waals surface area contributed by atoms with Crippen LogP contribution >= 0.6 is 0 Å². The predicted molar refractivity (Wildman–Crippen MR) is 106 cm³/mol. The third-order valence-corrected chi connectivity index (χ3v) is 4.65. The third-order valence-electron chi connectivity index (χ3n) is 4.65. The highest BCUT2D eigenvalue weighted by Crippen LogP contribution is 2.13. The van der Waals surface area contributed by atoms with Crippen molar-refractivity contribution in [2.45, 2.75) is 20.3 Å². The SMILES string of the molecule is CC(C)CCNC(=O)c1cc(C(=O)N2CCN(c3ncccn3)CC2)ccn1. The largest absolute Gasteiger partial charge is 0.351 e. The van der Waals surface area contributed by atoms with Crippen molar-refractivity contribution in [1.29, 1.82) is 0 Å². The molecule has 1 aliphatic rings. The minimum absolute atomic E-state index is 0.0905. The molecule has 0 saturated carbocycles. The van der Waals surface area contributed by atoms with Crippen LogP contribution in [0.3, 0.4) is 0 Å². The number of piperazine rings is 1. The van der Waals surface area contributed by atoms with Gasteiger partial charge in [-0.3, -0.25) is 14.6 Å². The topological polar surface area (TPSA) is 91.3 Å². The maximum atomic E-state index is 12.8. The molecule has 28 heavy (non-hydrogen) atoms. The number of carbonyl (C=O) groups excluding carboxylic acids is 2. The number of hydrogen-bond acceptors (Lipinski definition) is 6. The summed E-state index contributed by atoms with van der Waals surface area (Å²) in [5.41, 5.74) is 0.749. The van der Waals surface area contributed by atoms with E-state index in [-0.39, 0.29) is 17.5 Å². The van der Waals surface area contributed by atoms with Crippen molar-refractivity contribution in [1.82, 2.24) is 25.2 Å². The lowest BCUT2D eigenvalue weighted by molar-refractivity contribution is 0.0746. The molecule has 2 aromatic rings. The first-order chi connectivity index (χ1) is 13.5. The molecule has 0 bridgehead atoms. The summed E-state index contributed by atoms with van der Waals surface area (Å²) in [6.45, 7) is 7.30. The van der Waals surface area contributed by atoms with Gasteiger partial charge in [0.05, 0.1) is 0 Å². The quantitative estimate of drug-likeness (QED) is 0.816. The number of pyridine rings is 1. The molecule has 0 spiro atoms. The van der Waals surface area contributed by atoms with Gasteiger partial charge in [0.2, 0.25) is 5.95 Å². The van der Waals surface area contributed by atoms with Gasteiger partial charge in [-0.25, -0.2) is 9.97 Å². The van der Waals surface area contributed by atoms with Crippen LogP contribution in [0.5, 0.6) is 0 Å². The number of carbonyl (C=O) groups is 2. The van der Waals surface area contributed by atoms with Crippen molar-refractivity contribution in [3.8, 4) is 0 Å². The Bertz CT molecular complexity index is 803. The zero-order chi connectivity index (χ0) is 19.9. The molecule has 1 fully saturated rings. The summed E-state index contributed by atoms with van der Waals surface area (Å²) >= 11 is 0. The zero-order valence-corrected chi connectivity index (χ0v) is 16.3. The van der Waals surface area contributed by atoms with Crippen molar-refractivity contribution in [2.24, 2.45) is 5.92 Å². The first kappa shape index (κ1) is 19.7. The van der Waals surface area contributed by atoms with Gasteiger partial charge in [-0.2, -0.15) is 0 Å². The highest BCUT2D eigenvalue weighted by molar-refractivity contribution is 5.98. The fourth-order valence-electron chi connectivity index (χ4n) is 3.00. The highest BCUT2D eigenvalue weighted by Gasteiger charge is 2.24. The predicted octanol–water partition coefficient (Wildman–Crippen LogP) is 1.61. The first-order valence-corrected chi connectivity index (χ1v) is 9.60. The summed E-state index contributed by atoms with van der Waals surface area (Å²) in [6.07, 6.45) is 5.84. The number of rotatable bonds is 6. The highest BCUT2D eigenvalue weighted by atomic mass is 16.2. The van der Waals surface area contributed by atoms with Gasteiger partial charge in [0.1, 0.15) is 5.69 Å². The summed E-state index contributed by atoms with van der Waals surface area (Å²) in [5, 5.41) is 2.85. The lowest BCUT2D eigenvalue weighted by Crippen LogP contribution is -2.49. The summed E-state index contributed by atoms with van der Waals surface area (Å²) in [7, 11) is 0. The van der Waals surface area contributed by atoms with E-state index in [1.807, 2.05) is 0 Å². The van der Waals surface area contributed by atoms with Crippen molar-refractivity contribution >= 4 is 17.8 Å². The van der Waals surface area contributed by atoms with Crippen LogP contribution in [-0.2, 0) is 0 Å². The van der Waals surface area contributed by atoms with Gasteiger partial charge in [-0.1, -0.05) is 13.8 Å². The van der Waals surface area contributed by atoms with Crippen LogP contribution in [0.15, 0.2) is 36.8 Å². The van der Waals surface area contributed by atoms with Crippen molar-refractivity contribution < 1.29 is 9.59 Å². The van der Waals surface area contributed by atoms with E-state index in [2.05, 4.69) is 39.0 Å². The Balaban J connectivity index is 1.58. The molecule has 148 valence electrons. The molecule has 3 heterocycles. The van der Waals surface area contributed by atoms with Gasteiger partial charge in [-0.15, -0.1) is 0 Å². The molecule has 1 saturated heterocycles. The van der Waals surface area contributed by atoms with E-state index < -0.39 is 0 Å². The zero-order valence-electron chi connectivity index (χ0n) is 16.3. The van der Waals surface area contributed by atoms with Crippen molar-refractivity contribution in [3.63, 3.8) is 0 Å². The normalized spacial score (nSPS) is 14.2. The Hall–Kier alpha value is -3.03. The third kappa shape index (κ3) is 5.03. The molecule has 2 amide bonds. The Kier molecular flexibility index (Phi) is 6.52. The minimum atomic E-state index is -0.249. The van der Waals surface area contributed by atoms with Gasteiger partial charge < -0.3 is 15.1 Å². The molecular formula is C20H26N6O2. The van der Waals surface area contributed by atoms with Crippen molar-refractivity contribution in [2.75, 3.05) is 37.6 Å². The molecule has 0 aliphatic carbocycles. The number of nitrogens with one attached hydrogen (secondary N) is 1. The molecular weight excluding hydrogens is 356 g/mol. The Morgan fingerprint density at radius 3 is 2.46 bits per heavy atom. The number of nitrogens with zero attached hydrogens (tertiary/aromatic N) is 5. The molecule has 3 rings (SSSR count). The summed E-state index contributed by atoms with van der Waals surface area (Å²) in [6, 6.07) is 5.00.